The average molecular weight is 601 g/mol. The van der Waals surface area contributed by atoms with E-state index in [1.54, 1.807) is 0 Å². The predicted molar refractivity (Wildman–Crippen MR) is 166 cm³/mol. The molecular formula is C34H40N4O6. The number of methoxy groups -OCH3 is 1. The van der Waals surface area contributed by atoms with Gasteiger partial charge in [-0.05, 0) is 42.0 Å². The summed E-state index contributed by atoms with van der Waals surface area (Å²) in [5.74, 6) is -0.888. The number of carbonyl (C=O) groups is 3. The van der Waals surface area contributed by atoms with Gasteiger partial charge in [-0.15, -0.1) is 0 Å². The molecule has 1 unspecified atom stereocenters. The summed E-state index contributed by atoms with van der Waals surface area (Å²) < 4.78 is 16.3. The average Bonchev–Trinajstić information content (AvgIpc) is 3.58. The van der Waals surface area contributed by atoms with Crippen LogP contribution in [0.1, 0.15) is 35.4 Å². The highest BCUT2D eigenvalue weighted by atomic mass is 16.5. The summed E-state index contributed by atoms with van der Waals surface area (Å²) in [4.78, 5) is 39.0. The van der Waals surface area contributed by atoms with Crippen LogP contribution in [0.2, 0.25) is 0 Å². The van der Waals surface area contributed by atoms with E-state index in [0.717, 1.165) is 23.1 Å². The summed E-state index contributed by atoms with van der Waals surface area (Å²) in [5, 5.41) is 12.2. The van der Waals surface area contributed by atoms with Gasteiger partial charge >= 0.3 is 6.09 Å². The van der Waals surface area contributed by atoms with Gasteiger partial charge in [0.2, 0.25) is 11.8 Å². The molecule has 2 fully saturated rings. The number of alkyl carbamates (subject to hydrolysis) is 1. The molecule has 10 heteroatoms. The van der Waals surface area contributed by atoms with Gasteiger partial charge in [-0.2, -0.15) is 0 Å². The number of benzene rings is 3. The van der Waals surface area contributed by atoms with E-state index in [4.69, 9.17) is 14.2 Å². The summed E-state index contributed by atoms with van der Waals surface area (Å²) in [6.45, 7) is 2.07. The Morgan fingerprint density at radius 2 is 1.61 bits per heavy atom. The number of anilines is 1. The van der Waals surface area contributed by atoms with E-state index in [0.29, 0.717) is 44.9 Å². The molecule has 3 amide bonds. The molecule has 2 heterocycles. The smallest absolute Gasteiger partial charge is 0.407 e. The van der Waals surface area contributed by atoms with Crippen molar-refractivity contribution in [2.45, 2.75) is 49.4 Å². The third kappa shape index (κ3) is 8.22. The van der Waals surface area contributed by atoms with Crippen molar-refractivity contribution >= 4 is 23.6 Å². The lowest BCUT2D eigenvalue weighted by atomic mass is 9.84. The summed E-state index contributed by atoms with van der Waals surface area (Å²) in [6, 6.07) is 25.6. The summed E-state index contributed by atoms with van der Waals surface area (Å²) in [7, 11) is 1.28. The molecule has 2 aliphatic heterocycles. The van der Waals surface area contributed by atoms with Crippen LogP contribution in [0.15, 0.2) is 84.9 Å². The molecule has 2 saturated heterocycles. The maximum absolute atomic E-state index is 14.0. The fraction of sp³-hybridized carbons (Fsp3) is 0.382. The molecule has 44 heavy (non-hydrogen) atoms. The van der Waals surface area contributed by atoms with Crippen LogP contribution >= 0.6 is 0 Å². The van der Waals surface area contributed by atoms with Gasteiger partial charge in [0.25, 0.3) is 0 Å². The first kappa shape index (κ1) is 31.2. The number of amides is 3. The Kier molecular flexibility index (Phi) is 11.0. The van der Waals surface area contributed by atoms with Crippen molar-refractivity contribution < 1.29 is 28.6 Å². The number of hydrogen-bond acceptors (Lipinski definition) is 7. The molecule has 0 aromatic heterocycles. The quantitative estimate of drug-likeness (QED) is 0.266. The normalized spacial score (nSPS) is 20.5. The number of morpholine rings is 1. The molecule has 0 radical (unpaired) electrons. The molecule has 4 atom stereocenters. The number of rotatable bonds is 11. The zero-order valence-electron chi connectivity index (χ0n) is 24.9. The molecule has 3 aromatic rings. The van der Waals surface area contributed by atoms with Gasteiger partial charge in [0.1, 0.15) is 12.1 Å². The van der Waals surface area contributed by atoms with Gasteiger partial charge in [-0.3, -0.25) is 9.59 Å². The highest BCUT2D eigenvalue weighted by Crippen LogP contribution is 2.30. The Bertz CT molecular complexity index is 1340. The molecule has 0 saturated carbocycles. The van der Waals surface area contributed by atoms with Crippen LogP contribution in [0.3, 0.4) is 0 Å². The fourth-order valence-electron chi connectivity index (χ4n) is 5.70. The predicted octanol–water partition coefficient (Wildman–Crippen LogP) is 3.38. The van der Waals surface area contributed by atoms with Gasteiger partial charge in [0, 0.05) is 24.8 Å². The van der Waals surface area contributed by atoms with Crippen molar-refractivity contribution in [2.75, 3.05) is 38.8 Å². The second kappa shape index (κ2) is 15.5. The van der Waals surface area contributed by atoms with Gasteiger partial charge in [0.15, 0.2) is 0 Å². The van der Waals surface area contributed by atoms with E-state index in [9.17, 15) is 14.4 Å². The van der Waals surface area contributed by atoms with E-state index in [1.807, 2.05) is 84.9 Å². The Hall–Kier alpha value is -4.25. The molecule has 0 bridgehead atoms. The first-order valence-electron chi connectivity index (χ1n) is 15.1. The maximum Gasteiger partial charge on any atom is 0.407 e. The molecule has 0 aliphatic carbocycles. The molecule has 2 aliphatic rings. The van der Waals surface area contributed by atoms with Crippen LogP contribution in [-0.4, -0.2) is 75.6 Å². The number of carbonyl (C=O) groups excluding carboxylic acids is 3. The van der Waals surface area contributed by atoms with Crippen LogP contribution in [0.4, 0.5) is 10.5 Å². The Balaban J connectivity index is 1.25. The highest BCUT2D eigenvalue weighted by molar-refractivity contribution is 5.98. The number of nitrogens with one attached hydrogen (secondary N) is 4. The third-order valence-electron chi connectivity index (χ3n) is 8.09. The second-order valence-corrected chi connectivity index (χ2v) is 11.1. The molecule has 5 rings (SSSR count). The van der Waals surface area contributed by atoms with Crippen LogP contribution < -0.4 is 21.3 Å². The minimum Gasteiger partial charge on any atom is -0.453 e. The molecule has 4 N–H and O–H groups in total. The Morgan fingerprint density at radius 1 is 0.932 bits per heavy atom. The molecule has 3 aromatic carbocycles. The first-order chi connectivity index (χ1) is 21.5. The monoisotopic (exact) mass is 600 g/mol. The lowest BCUT2D eigenvalue weighted by molar-refractivity contribution is -0.128. The Morgan fingerprint density at radius 3 is 2.23 bits per heavy atom. The first-order valence-corrected chi connectivity index (χ1v) is 15.1. The molecular weight excluding hydrogens is 560 g/mol. The highest BCUT2D eigenvalue weighted by Gasteiger charge is 2.33. The number of hydrogen-bond donors (Lipinski definition) is 4. The van der Waals surface area contributed by atoms with E-state index in [2.05, 4.69) is 21.3 Å². The van der Waals surface area contributed by atoms with E-state index in [-0.39, 0.29) is 30.0 Å². The lowest BCUT2D eigenvalue weighted by Gasteiger charge is -2.30. The minimum absolute atomic E-state index is 0.0619. The fourth-order valence-corrected chi connectivity index (χ4v) is 5.70. The van der Waals surface area contributed by atoms with Gasteiger partial charge in [-0.1, -0.05) is 78.9 Å². The largest absolute Gasteiger partial charge is 0.453 e. The second-order valence-electron chi connectivity index (χ2n) is 11.1. The van der Waals surface area contributed by atoms with E-state index in [1.165, 1.54) is 7.11 Å². The standard InChI is InChI=1S/C34H40N4O6/c1-42-34(41)38-31(30(24-11-4-2-5-12-24)25-13-6-3-7-14-25)33(40)37-28-15-9-8-10-23(28)16-17-27-20-35-29(22-44-27)32(39)36-26-18-19-43-21-26/h2-15,26-27,29-31,35H,16-22H2,1H3,(H,36,39)(H,37,40)(H,38,41)/t26?,27-,29+,31+/m1/s1. The number of ether oxygens (including phenoxy) is 3. The maximum atomic E-state index is 14.0. The van der Waals surface area contributed by atoms with Crippen LogP contribution in [0, 0.1) is 0 Å². The van der Waals surface area contributed by atoms with Crippen LogP contribution in [0.5, 0.6) is 0 Å². The van der Waals surface area contributed by atoms with Crippen molar-refractivity contribution in [1.82, 2.24) is 16.0 Å². The zero-order chi connectivity index (χ0) is 30.7. The minimum atomic E-state index is -0.954. The molecule has 232 valence electrons. The molecule has 10 nitrogen and oxygen atoms in total. The number of aryl methyl sites for hydroxylation is 1. The van der Waals surface area contributed by atoms with Crippen molar-refractivity contribution in [3.8, 4) is 0 Å². The van der Waals surface area contributed by atoms with Crippen molar-refractivity contribution in [1.29, 1.82) is 0 Å². The van der Waals surface area contributed by atoms with Gasteiger partial charge < -0.3 is 35.5 Å². The number of para-hydroxylation sites is 1. The lowest BCUT2D eigenvalue weighted by Crippen LogP contribution is -2.55. The summed E-state index contributed by atoms with van der Waals surface area (Å²) in [6.07, 6.45) is 1.41. The zero-order valence-corrected chi connectivity index (χ0v) is 24.9. The van der Waals surface area contributed by atoms with Crippen LogP contribution in [0.25, 0.3) is 0 Å². The third-order valence-corrected chi connectivity index (χ3v) is 8.09. The van der Waals surface area contributed by atoms with E-state index < -0.39 is 18.1 Å². The molecule has 0 spiro atoms. The SMILES string of the molecule is COC(=O)N[C@H](C(=O)Nc1ccccc1CC[C@@H]1CN[C@H](C(=O)NC2CCOC2)CO1)C(c1ccccc1)c1ccccc1. The van der Waals surface area contributed by atoms with Gasteiger partial charge in [-0.25, -0.2) is 4.79 Å². The summed E-state index contributed by atoms with van der Waals surface area (Å²) in [5.41, 5.74) is 3.37. The topological polar surface area (TPSA) is 127 Å². The van der Waals surface area contributed by atoms with Crippen LogP contribution in [-0.2, 0) is 30.2 Å². The van der Waals surface area contributed by atoms with Crippen molar-refractivity contribution in [3.63, 3.8) is 0 Å². The van der Waals surface area contributed by atoms with Gasteiger partial charge in [0.05, 0.1) is 32.5 Å². The van der Waals surface area contributed by atoms with E-state index >= 15 is 0 Å². The summed E-state index contributed by atoms with van der Waals surface area (Å²) >= 11 is 0. The Labute approximate surface area is 257 Å². The van der Waals surface area contributed by atoms with Crippen molar-refractivity contribution in [2.24, 2.45) is 0 Å². The van der Waals surface area contributed by atoms with Crippen molar-refractivity contribution in [3.05, 3.63) is 102 Å².